The Labute approximate surface area is 150 Å². The van der Waals surface area contributed by atoms with Gasteiger partial charge in [-0.05, 0) is 30.5 Å². The van der Waals surface area contributed by atoms with Gasteiger partial charge in [0.1, 0.15) is 10.7 Å². The molecule has 128 valence electrons. The zero-order chi connectivity index (χ0) is 17.8. The van der Waals surface area contributed by atoms with E-state index in [4.69, 9.17) is 5.73 Å². The molecule has 3 rings (SSSR count). The molecule has 0 fully saturated rings. The van der Waals surface area contributed by atoms with Crippen molar-refractivity contribution in [3.63, 3.8) is 0 Å². The van der Waals surface area contributed by atoms with Crippen LogP contribution in [0, 0.1) is 0 Å². The lowest BCUT2D eigenvalue weighted by Crippen LogP contribution is -2.41. The predicted molar refractivity (Wildman–Crippen MR) is 101 cm³/mol. The van der Waals surface area contributed by atoms with Gasteiger partial charge < -0.3 is 10.6 Å². The van der Waals surface area contributed by atoms with Gasteiger partial charge in [-0.2, -0.15) is 5.10 Å². The fourth-order valence-electron chi connectivity index (χ4n) is 2.98. The van der Waals surface area contributed by atoms with Crippen LogP contribution in [0.2, 0.25) is 0 Å². The van der Waals surface area contributed by atoms with Gasteiger partial charge in [0, 0.05) is 24.8 Å². The molecule has 0 bridgehead atoms. The van der Waals surface area contributed by atoms with Crippen molar-refractivity contribution in [2.45, 2.75) is 19.4 Å². The largest absolute Gasteiger partial charge is 0.394 e. The Balaban J connectivity index is 1.85. The van der Waals surface area contributed by atoms with Crippen molar-refractivity contribution in [2.24, 2.45) is 15.9 Å². The maximum atomic E-state index is 12.8. The number of thiazole rings is 1. The van der Waals surface area contributed by atoms with Crippen LogP contribution in [-0.2, 0) is 11.2 Å². The second-order valence-corrected chi connectivity index (χ2v) is 6.58. The van der Waals surface area contributed by atoms with E-state index in [1.807, 2.05) is 24.4 Å². The lowest BCUT2D eigenvalue weighted by molar-refractivity contribution is -0.129. The molecule has 1 aromatic carbocycles. The van der Waals surface area contributed by atoms with E-state index in [1.54, 1.807) is 11.1 Å². The van der Waals surface area contributed by atoms with E-state index in [0.717, 1.165) is 12.0 Å². The first-order valence-corrected chi connectivity index (χ1v) is 8.79. The van der Waals surface area contributed by atoms with E-state index in [1.165, 1.54) is 23.0 Å². The van der Waals surface area contributed by atoms with E-state index in [9.17, 15) is 4.79 Å². The molecule has 0 unspecified atom stereocenters. The summed E-state index contributed by atoms with van der Waals surface area (Å²) in [5, 5.41) is 9.94. The average molecular weight is 353 g/mol. The van der Waals surface area contributed by atoms with E-state index in [0.29, 0.717) is 17.3 Å². The molecule has 6 nitrogen and oxygen atoms in total. The molecule has 2 aromatic rings. The number of nitrogens with two attached hydrogens (primary N) is 1. The minimum absolute atomic E-state index is 0.0258. The molecule has 0 aliphatic carbocycles. The van der Waals surface area contributed by atoms with E-state index in [2.05, 4.69) is 34.0 Å². The van der Waals surface area contributed by atoms with Gasteiger partial charge in [0.15, 0.2) is 0 Å². The van der Waals surface area contributed by atoms with Crippen molar-refractivity contribution < 1.29 is 4.79 Å². The Bertz CT molecular complexity index is 841. The molecule has 0 radical (unpaired) electrons. The number of aromatic nitrogens is 1. The highest BCUT2D eigenvalue weighted by atomic mass is 32.1. The summed E-state index contributed by atoms with van der Waals surface area (Å²) < 4.78 is 0. The third kappa shape index (κ3) is 3.51. The van der Waals surface area contributed by atoms with Crippen molar-refractivity contribution in [3.05, 3.63) is 63.7 Å². The summed E-state index contributed by atoms with van der Waals surface area (Å²) in [4.78, 5) is 18.8. The molecule has 1 aliphatic heterocycles. The Morgan fingerprint density at radius 2 is 2.28 bits per heavy atom. The quantitative estimate of drug-likeness (QED) is 0.521. The summed E-state index contributed by atoms with van der Waals surface area (Å²) in [5.41, 5.74) is 9.06. The van der Waals surface area contributed by atoms with E-state index in [-0.39, 0.29) is 17.6 Å². The Morgan fingerprint density at radius 1 is 1.48 bits per heavy atom. The van der Waals surface area contributed by atoms with Crippen LogP contribution in [0.25, 0.3) is 0 Å². The van der Waals surface area contributed by atoms with Crippen molar-refractivity contribution in [1.29, 1.82) is 0 Å². The molecule has 0 saturated heterocycles. The molecule has 1 aliphatic rings. The number of amides is 1. The topological polar surface area (TPSA) is 83.9 Å². The predicted octanol–water partition coefficient (Wildman–Crippen LogP) is 2.54. The number of fused-ring (bicyclic) bond motifs is 1. The molecule has 1 aromatic heterocycles. The molecule has 0 saturated carbocycles. The first-order chi connectivity index (χ1) is 12.1. The molecule has 2 heterocycles. The van der Waals surface area contributed by atoms with E-state index < -0.39 is 0 Å². The monoisotopic (exact) mass is 353 g/mol. The van der Waals surface area contributed by atoms with E-state index >= 15 is 0 Å². The number of hydrogen-bond donors (Lipinski definition) is 1. The average Bonchev–Trinajstić information content (AvgIpc) is 3.16. The molecule has 1 amide bonds. The number of carbonyl (C=O) groups is 1. The molecular weight excluding hydrogens is 334 g/mol. The van der Waals surface area contributed by atoms with Crippen molar-refractivity contribution in [1.82, 2.24) is 9.88 Å². The Morgan fingerprint density at radius 3 is 3.00 bits per heavy atom. The maximum Gasteiger partial charge on any atom is 0.270 e. The second-order valence-electron chi connectivity index (χ2n) is 5.69. The highest BCUT2D eigenvalue weighted by molar-refractivity contribution is 7.11. The number of hydrogen-bond acceptors (Lipinski definition) is 6. The van der Waals surface area contributed by atoms with Gasteiger partial charge in [0.05, 0.1) is 11.7 Å². The van der Waals surface area contributed by atoms with Crippen LogP contribution in [-0.4, -0.2) is 34.8 Å². The second kappa shape index (κ2) is 7.40. The number of benzene rings is 1. The van der Waals surface area contributed by atoms with Gasteiger partial charge in [-0.15, -0.1) is 16.4 Å². The standard InChI is InChI=1S/C18H19N5OS/c1-12-14-6-4-3-5-13(14)7-9-23(12)18(24)15(19)11-16(22-20-2)17-21-8-10-25-17/h3-6,8,10-12H,2,7,9,19H2,1H3/t12-/m1/s1. The van der Waals surface area contributed by atoms with Crippen LogP contribution >= 0.6 is 11.3 Å². The third-order valence-electron chi connectivity index (χ3n) is 4.22. The van der Waals surface area contributed by atoms with Crippen molar-refractivity contribution in [2.75, 3.05) is 6.54 Å². The summed E-state index contributed by atoms with van der Waals surface area (Å²) >= 11 is 1.40. The summed E-state index contributed by atoms with van der Waals surface area (Å²) in [7, 11) is 0. The fourth-order valence-corrected chi connectivity index (χ4v) is 3.58. The van der Waals surface area contributed by atoms with Crippen LogP contribution in [0.3, 0.4) is 0 Å². The lowest BCUT2D eigenvalue weighted by atomic mass is 9.93. The van der Waals surface area contributed by atoms with Gasteiger partial charge in [0.25, 0.3) is 5.91 Å². The zero-order valence-corrected chi connectivity index (χ0v) is 14.7. The number of carbonyl (C=O) groups excluding carboxylic acids is 1. The number of allylic oxidation sites excluding steroid dienone is 1. The van der Waals surface area contributed by atoms with Gasteiger partial charge >= 0.3 is 0 Å². The smallest absolute Gasteiger partial charge is 0.270 e. The van der Waals surface area contributed by atoms with Crippen LogP contribution in [0.15, 0.2) is 57.8 Å². The summed E-state index contributed by atoms with van der Waals surface area (Å²) in [5.74, 6) is -0.213. The van der Waals surface area contributed by atoms with Crippen molar-refractivity contribution >= 4 is 29.7 Å². The minimum Gasteiger partial charge on any atom is -0.394 e. The van der Waals surface area contributed by atoms with Crippen LogP contribution in [0.4, 0.5) is 0 Å². The maximum absolute atomic E-state index is 12.8. The van der Waals surface area contributed by atoms with Crippen LogP contribution in [0.1, 0.15) is 29.1 Å². The molecule has 7 heteroatoms. The Hall–Kier alpha value is -2.80. The number of nitrogens with zero attached hydrogens (tertiary/aromatic N) is 4. The van der Waals surface area contributed by atoms with Gasteiger partial charge in [-0.3, -0.25) is 4.79 Å². The minimum atomic E-state index is -0.213. The normalized spacial score (nSPS) is 18.0. The molecule has 0 spiro atoms. The highest BCUT2D eigenvalue weighted by Crippen LogP contribution is 2.29. The lowest BCUT2D eigenvalue weighted by Gasteiger charge is -2.35. The molecule has 1 atom stereocenters. The SMILES string of the molecule is C=NN=C(C=C(N)C(=O)N1CCc2ccccc2[C@H]1C)c1nccs1. The Kier molecular flexibility index (Phi) is 5.04. The molecular formula is C18H19N5OS. The van der Waals surface area contributed by atoms with Gasteiger partial charge in [-0.25, -0.2) is 4.98 Å². The highest BCUT2D eigenvalue weighted by Gasteiger charge is 2.28. The first-order valence-electron chi connectivity index (χ1n) is 7.91. The summed E-state index contributed by atoms with van der Waals surface area (Å²) in [6.07, 6.45) is 4.00. The van der Waals surface area contributed by atoms with Crippen molar-refractivity contribution in [3.8, 4) is 0 Å². The fraction of sp³-hybridized carbons (Fsp3) is 0.222. The number of rotatable bonds is 4. The van der Waals surface area contributed by atoms with Gasteiger partial charge in [0.2, 0.25) is 0 Å². The van der Waals surface area contributed by atoms with Crippen LogP contribution < -0.4 is 5.73 Å². The first kappa shape index (κ1) is 17.0. The molecule has 2 N–H and O–H groups in total. The third-order valence-corrected chi connectivity index (χ3v) is 5.02. The summed E-state index contributed by atoms with van der Waals surface area (Å²) in [6.45, 7) is 6.02. The summed E-state index contributed by atoms with van der Waals surface area (Å²) in [6, 6.07) is 8.16. The van der Waals surface area contributed by atoms with Crippen LogP contribution in [0.5, 0.6) is 0 Å². The zero-order valence-electron chi connectivity index (χ0n) is 13.9. The van der Waals surface area contributed by atoms with Gasteiger partial charge in [-0.1, -0.05) is 24.3 Å². The molecule has 25 heavy (non-hydrogen) atoms.